The van der Waals surface area contributed by atoms with E-state index in [-0.39, 0.29) is 5.91 Å². The van der Waals surface area contributed by atoms with Crippen molar-refractivity contribution in [3.8, 4) is 0 Å². The quantitative estimate of drug-likeness (QED) is 0.464. The maximum absolute atomic E-state index is 12.3. The summed E-state index contributed by atoms with van der Waals surface area (Å²) in [5, 5.41) is 7.23. The number of H-pyrrole nitrogens is 1. The Morgan fingerprint density at radius 1 is 1.04 bits per heavy atom. The van der Waals surface area contributed by atoms with Gasteiger partial charge in [0.1, 0.15) is 11.5 Å². The summed E-state index contributed by atoms with van der Waals surface area (Å²) in [6.45, 7) is 1.13. The lowest BCUT2D eigenvalue weighted by Crippen LogP contribution is -2.26. The molecule has 4 rings (SSSR count). The van der Waals surface area contributed by atoms with E-state index in [1.165, 1.54) is 17.1 Å². The van der Waals surface area contributed by atoms with Gasteiger partial charge in [-0.15, -0.1) is 0 Å². The van der Waals surface area contributed by atoms with Gasteiger partial charge in [-0.05, 0) is 29.7 Å². The molecule has 1 aromatic carbocycles. The third-order valence-electron chi connectivity index (χ3n) is 4.44. The summed E-state index contributed by atoms with van der Waals surface area (Å²) in [6.07, 6.45) is 9.29. The Bertz CT molecular complexity index is 1060. The Hall–Kier alpha value is -3.74. The molecule has 3 heterocycles. The highest BCUT2D eigenvalue weighted by atomic mass is 16.1. The summed E-state index contributed by atoms with van der Waals surface area (Å²) in [7, 11) is 0. The van der Waals surface area contributed by atoms with Crippen molar-refractivity contribution >= 4 is 22.6 Å². The summed E-state index contributed by atoms with van der Waals surface area (Å²) < 4.78 is 0. The molecule has 0 aliphatic heterocycles. The monoisotopic (exact) mass is 372 g/mol. The van der Waals surface area contributed by atoms with Crippen molar-refractivity contribution in [1.82, 2.24) is 25.3 Å². The smallest absolute Gasteiger partial charge is 0.271 e. The van der Waals surface area contributed by atoms with Crippen LogP contribution in [0.2, 0.25) is 0 Å². The van der Waals surface area contributed by atoms with E-state index in [4.69, 9.17) is 0 Å². The summed E-state index contributed by atoms with van der Waals surface area (Å²) in [5.74, 6) is 0.380. The lowest BCUT2D eigenvalue weighted by atomic mass is 10.1. The number of aromatic amines is 1. The molecule has 1 amide bonds. The van der Waals surface area contributed by atoms with Crippen LogP contribution in [0.3, 0.4) is 0 Å². The zero-order valence-electron chi connectivity index (χ0n) is 15.2. The predicted octanol–water partition coefficient (Wildman–Crippen LogP) is 2.94. The first-order valence-electron chi connectivity index (χ1n) is 9.07. The van der Waals surface area contributed by atoms with Crippen LogP contribution in [0.15, 0.2) is 67.4 Å². The average Bonchev–Trinajstić information content (AvgIpc) is 3.16. The van der Waals surface area contributed by atoms with Crippen molar-refractivity contribution in [3.63, 3.8) is 0 Å². The third kappa shape index (κ3) is 4.15. The molecule has 7 nitrogen and oxygen atoms in total. The molecule has 3 aromatic heterocycles. The number of rotatable bonds is 7. The SMILES string of the molecule is O=C(NCCc1c[nH]c2ccccc12)c1cnc(NCc2cccnc2)cn1. The second-order valence-corrected chi connectivity index (χ2v) is 6.37. The fraction of sp³-hybridized carbons (Fsp3) is 0.143. The van der Waals surface area contributed by atoms with Crippen molar-refractivity contribution in [2.75, 3.05) is 11.9 Å². The van der Waals surface area contributed by atoms with Gasteiger partial charge in [0.15, 0.2) is 0 Å². The zero-order chi connectivity index (χ0) is 19.2. The Labute approximate surface area is 162 Å². The lowest BCUT2D eigenvalue weighted by Gasteiger charge is -2.07. The first-order valence-corrected chi connectivity index (χ1v) is 9.07. The normalized spacial score (nSPS) is 10.7. The Morgan fingerprint density at radius 2 is 1.96 bits per heavy atom. The highest BCUT2D eigenvalue weighted by Crippen LogP contribution is 2.17. The highest BCUT2D eigenvalue weighted by molar-refractivity contribution is 5.92. The first kappa shape index (κ1) is 17.7. The largest absolute Gasteiger partial charge is 0.365 e. The number of amides is 1. The second kappa shape index (κ2) is 8.30. The van der Waals surface area contributed by atoms with Gasteiger partial charge in [0, 0.05) is 42.6 Å². The van der Waals surface area contributed by atoms with Gasteiger partial charge in [0.05, 0.1) is 12.4 Å². The minimum absolute atomic E-state index is 0.230. The molecule has 0 fully saturated rings. The number of pyridine rings is 1. The van der Waals surface area contributed by atoms with Crippen LogP contribution in [0.1, 0.15) is 21.6 Å². The molecule has 7 heteroatoms. The van der Waals surface area contributed by atoms with Gasteiger partial charge in [-0.3, -0.25) is 9.78 Å². The maximum Gasteiger partial charge on any atom is 0.271 e. The predicted molar refractivity (Wildman–Crippen MR) is 108 cm³/mol. The molecule has 3 N–H and O–H groups in total. The molecule has 0 spiro atoms. The number of para-hydroxylation sites is 1. The fourth-order valence-corrected chi connectivity index (χ4v) is 2.97. The summed E-state index contributed by atoms with van der Waals surface area (Å²) >= 11 is 0. The van der Waals surface area contributed by atoms with Crippen LogP contribution in [-0.4, -0.2) is 32.4 Å². The van der Waals surface area contributed by atoms with Crippen molar-refractivity contribution in [2.45, 2.75) is 13.0 Å². The molecular weight excluding hydrogens is 352 g/mol. The molecular formula is C21H20N6O. The molecule has 0 saturated carbocycles. The minimum atomic E-state index is -0.230. The number of carbonyl (C=O) groups is 1. The molecule has 0 saturated heterocycles. The van der Waals surface area contributed by atoms with Crippen LogP contribution < -0.4 is 10.6 Å². The number of anilines is 1. The zero-order valence-corrected chi connectivity index (χ0v) is 15.2. The van der Waals surface area contributed by atoms with E-state index in [1.807, 2.05) is 36.5 Å². The van der Waals surface area contributed by atoms with Crippen LogP contribution in [0.25, 0.3) is 10.9 Å². The number of nitrogens with one attached hydrogen (secondary N) is 3. The van der Waals surface area contributed by atoms with E-state index in [0.717, 1.165) is 17.5 Å². The number of hydrogen-bond donors (Lipinski definition) is 3. The molecule has 0 atom stereocenters. The van der Waals surface area contributed by atoms with Gasteiger partial charge in [0.25, 0.3) is 5.91 Å². The topological polar surface area (TPSA) is 95.6 Å². The van der Waals surface area contributed by atoms with Gasteiger partial charge in [-0.2, -0.15) is 0 Å². The summed E-state index contributed by atoms with van der Waals surface area (Å²) in [6, 6.07) is 12.0. The van der Waals surface area contributed by atoms with Crippen LogP contribution in [0.4, 0.5) is 5.82 Å². The third-order valence-corrected chi connectivity index (χ3v) is 4.44. The number of aromatic nitrogens is 4. The standard InChI is InChI=1S/C21H20N6O/c28-21(23-9-7-16-12-24-18-6-2-1-5-17(16)18)19-13-27-20(14-25-19)26-11-15-4-3-8-22-10-15/h1-6,8,10,12-14,24H,7,9,11H2,(H,23,28)(H,26,27). The summed E-state index contributed by atoms with van der Waals surface area (Å²) in [4.78, 5) is 28.0. The highest BCUT2D eigenvalue weighted by Gasteiger charge is 2.09. The van der Waals surface area contributed by atoms with Crippen LogP contribution in [-0.2, 0) is 13.0 Å². The molecule has 140 valence electrons. The van der Waals surface area contributed by atoms with Gasteiger partial charge < -0.3 is 15.6 Å². The Morgan fingerprint density at radius 3 is 2.79 bits per heavy atom. The second-order valence-electron chi connectivity index (χ2n) is 6.37. The number of hydrogen-bond acceptors (Lipinski definition) is 5. The Kier molecular flexibility index (Phi) is 5.24. The number of nitrogens with zero attached hydrogens (tertiary/aromatic N) is 3. The molecule has 28 heavy (non-hydrogen) atoms. The minimum Gasteiger partial charge on any atom is -0.365 e. The molecule has 0 aliphatic rings. The van der Waals surface area contributed by atoms with Crippen molar-refractivity contribution in [3.05, 3.63) is 84.2 Å². The number of carbonyl (C=O) groups excluding carboxylic acids is 1. The van der Waals surface area contributed by atoms with E-state index >= 15 is 0 Å². The molecule has 0 bridgehead atoms. The van der Waals surface area contributed by atoms with Crippen molar-refractivity contribution in [2.24, 2.45) is 0 Å². The van der Waals surface area contributed by atoms with Crippen molar-refractivity contribution in [1.29, 1.82) is 0 Å². The van der Waals surface area contributed by atoms with Crippen LogP contribution >= 0.6 is 0 Å². The average molecular weight is 372 g/mol. The van der Waals surface area contributed by atoms with Gasteiger partial charge >= 0.3 is 0 Å². The molecule has 0 unspecified atom stereocenters. The number of benzene rings is 1. The molecule has 4 aromatic rings. The van der Waals surface area contributed by atoms with E-state index in [0.29, 0.717) is 24.6 Å². The van der Waals surface area contributed by atoms with Gasteiger partial charge in [-0.1, -0.05) is 24.3 Å². The molecule has 0 radical (unpaired) electrons. The Balaban J connectivity index is 1.28. The van der Waals surface area contributed by atoms with E-state index in [1.54, 1.807) is 18.6 Å². The van der Waals surface area contributed by atoms with Crippen LogP contribution in [0.5, 0.6) is 0 Å². The fourth-order valence-electron chi connectivity index (χ4n) is 2.97. The van der Waals surface area contributed by atoms with E-state index in [2.05, 4.69) is 36.6 Å². The van der Waals surface area contributed by atoms with E-state index in [9.17, 15) is 4.79 Å². The van der Waals surface area contributed by atoms with Gasteiger partial charge in [-0.25, -0.2) is 9.97 Å². The van der Waals surface area contributed by atoms with Crippen LogP contribution in [0, 0.1) is 0 Å². The first-order chi connectivity index (χ1) is 13.8. The summed E-state index contributed by atoms with van der Waals surface area (Å²) in [5.41, 5.74) is 3.62. The lowest BCUT2D eigenvalue weighted by molar-refractivity contribution is 0.0949. The maximum atomic E-state index is 12.3. The molecule has 0 aliphatic carbocycles. The van der Waals surface area contributed by atoms with Gasteiger partial charge in [0.2, 0.25) is 0 Å². The van der Waals surface area contributed by atoms with Crippen molar-refractivity contribution < 1.29 is 4.79 Å². The van der Waals surface area contributed by atoms with E-state index < -0.39 is 0 Å². The number of fused-ring (bicyclic) bond motifs is 1.